The van der Waals surface area contributed by atoms with Crippen molar-refractivity contribution in [3.63, 3.8) is 0 Å². The second-order valence-electron chi connectivity index (χ2n) is 5.28. The first kappa shape index (κ1) is 14.8. The summed E-state index contributed by atoms with van der Waals surface area (Å²) >= 11 is 1.19. The van der Waals surface area contributed by atoms with Crippen molar-refractivity contribution in [1.29, 1.82) is 0 Å². The Bertz CT molecular complexity index is 774. The number of amides is 1. The van der Waals surface area contributed by atoms with Gasteiger partial charge < -0.3 is 4.90 Å². The molecule has 0 saturated heterocycles. The molecule has 1 aliphatic rings. The number of anilines is 1. The van der Waals surface area contributed by atoms with Gasteiger partial charge in [0, 0.05) is 11.7 Å². The van der Waals surface area contributed by atoms with Gasteiger partial charge in [-0.1, -0.05) is 30.0 Å². The van der Waals surface area contributed by atoms with E-state index >= 15 is 0 Å². The lowest BCUT2D eigenvalue weighted by atomic mass is 10.1. The summed E-state index contributed by atoms with van der Waals surface area (Å²) in [4.78, 5) is 28.4. The van der Waals surface area contributed by atoms with Gasteiger partial charge in [0.25, 0.3) is 5.56 Å². The third-order valence-electron chi connectivity index (χ3n) is 3.65. The number of thioether (sulfide) groups is 1. The van der Waals surface area contributed by atoms with Gasteiger partial charge in [-0.2, -0.15) is 0 Å². The summed E-state index contributed by atoms with van der Waals surface area (Å²) in [6.07, 6.45) is 0.869. The molecule has 1 aliphatic heterocycles. The molecule has 22 heavy (non-hydrogen) atoms. The number of aryl methyl sites for hydroxylation is 1. The molecule has 0 spiro atoms. The van der Waals surface area contributed by atoms with E-state index in [4.69, 9.17) is 0 Å². The average Bonchev–Trinajstić information content (AvgIpc) is 2.84. The van der Waals surface area contributed by atoms with Gasteiger partial charge in [-0.15, -0.1) is 10.2 Å². The van der Waals surface area contributed by atoms with Crippen LogP contribution in [0, 0.1) is 6.92 Å². The highest BCUT2D eigenvalue weighted by Crippen LogP contribution is 2.32. The Labute approximate surface area is 132 Å². The van der Waals surface area contributed by atoms with Crippen molar-refractivity contribution in [1.82, 2.24) is 15.2 Å². The number of aromatic amines is 1. The molecule has 3 rings (SSSR count). The normalized spacial score (nSPS) is 16.6. The van der Waals surface area contributed by atoms with Crippen molar-refractivity contribution in [2.24, 2.45) is 0 Å². The molecule has 1 amide bonds. The molecule has 1 aromatic heterocycles. The number of para-hydroxylation sites is 1. The second-order valence-corrected chi connectivity index (χ2v) is 6.24. The highest BCUT2D eigenvalue weighted by atomic mass is 32.2. The molecule has 2 aromatic rings. The predicted octanol–water partition coefficient (Wildman–Crippen LogP) is 1.54. The van der Waals surface area contributed by atoms with E-state index < -0.39 is 0 Å². The van der Waals surface area contributed by atoms with Crippen molar-refractivity contribution in [2.75, 3.05) is 10.7 Å². The van der Waals surface area contributed by atoms with Crippen molar-refractivity contribution in [2.45, 2.75) is 31.5 Å². The minimum atomic E-state index is -0.273. The zero-order valence-corrected chi connectivity index (χ0v) is 13.2. The number of nitrogens with zero attached hydrogens (tertiary/aromatic N) is 3. The minimum absolute atomic E-state index is 0.00525. The SMILES string of the molecule is Cc1nnc(SCC(=O)N2c3ccccc3C[C@@H]2C)[nH]c1=O. The molecule has 0 aliphatic carbocycles. The van der Waals surface area contributed by atoms with Crippen LogP contribution in [0.15, 0.2) is 34.2 Å². The Balaban J connectivity index is 1.72. The maximum Gasteiger partial charge on any atom is 0.273 e. The van der Waals surface area contributed by atoms with Crippen LogP contribution in [0.3, 0.4) is 0 Å². The van der Waals surface area contributed by atoms with E-state index in [1.54, 1.807) is 6.92 Å². The summed E-state index contributed by atoms with van der Waals surface area (Å²) in [5.74, 6) is 0.220. The predicted molar refractivity (Wildman–Crippen MR) is 85.2 cm³/mol. The molecule has 2 heterocycles. The fraction of sp³-hybridized carbons (Fsp3) is 0.333. The number of aromatic nitrogens is 3. The molecular weight excluding hydrogens is 300 g/mol. The Morgan fingerprint density at radius 3 is 2.95 bits per heavy atom. The molecule has 0 unspecified atom stereocenters. The third-order valence-corrected chi connectivity index (χ3v) is 4.50. The largest absolute Gasteiger partial charge is 0.308 e. The molecule has 1 N–H and O–H groups in total. The average molecular weight is 316 g/mol. The van der Waals surface area contributed by atoms with E-state index in [2.05, 4.69) is 21.2 Å². The number of H-pyrrole nitrogens is 1. The van der Waals surface area contributed by atoms with Crippen LogP contribution in [-0.2, 0) is 11.2 Å². The van der Waals surface area contributed by atoms with Crippen molar-refractivity contribution in [3.8, 4) is 0 Å². The summed E-state index contributed by atoms with van der Waals surface area (Å²) in [5.41, 5.74) is 2.21. The van der Waals surface area contributed by atoms with Gasteiger partial charge in [0.15, 0.2) is 5.16 Å². The number of fused-ring (bicyclic) bond motifs is 1. The van der Waals surface area contributed by atoms with Gasteiger partial charge in [-0.25, -0.2) is 0 Å². The smallest absolute Gasteiger partial charge is 0.273 e. The lowest BCUT2D eigenvalue weighted by molar-refractivity contribution is -0.116. The van der Waals surface area contributed by atoms with Crippen molar-refractivity contribution >= 4 is 23.4 Å². The maximum absolute atomic E-state index is 12.5. The van der Waals surface area contributed by atoms with E-state index in [1.165, 1.54) is 17.3 Å². The number of hydrogen-bond donors (Lipinski definition) is 1. The highest BCUT2D eigenvalue weighted by Gasteiger charge is 2.30. The number of hydrogen-bond acceptors (Lipinski definition) is 5. The van der Waals surface area contributed by atoms with Gasteiger partial charge in [0.2, 0.25) is 5.91 Å². The first-order chi connectivity index (χ1) is 10.6. The number of benzene rings is 1. The minimum Gasteiger partial charge on any atom is -0.308 e. The lowest BCUT2D eigenvalue weighted by Crippen LogP contribution is -2.37. The fourth-order valence-corrected chi connectivity index (χ4v) is 3.25. The van der Waals surface area contributed by atoms with Crippen LogP contribution in [0.1, 0.15) is 18.2 Å². The van der Waals surface area contributed by atoms with Crippen molar-refractivity contribution < 1.29 is 4.79 Å². The maximum atomic E-state index is 12.5. The van der Waals surface area contributed by atoms with E-state index in [9.17, 15) is 9.59 Å². The van der Waals surface area contributed by atoms with Gasteiger partial charge in [-0.3, -0.25) is 14.6 Å². The zero-order valence-electron chi connectivity index (χ0n) is 12.4. The Morgan fingerprint density at radius 2 is 2.18 bits per heavy atom. The molecule has 0 radical (unpaired) electrons. The summed E-state index contributed by atoms with van der Waals surface area (Å²) in [6.45, 7) is 3.63. The van der Waals surface area contributed by atoms with Crippen LogP contribution >= 0.6 is 11.8 Å². The molecule has 0 saturated carbocycles. The lowest BCUT2D eigenvalue weighted by Gasteiger charge is -2.22. The van der Waals surface area contributed by atoms with Crippen LogP contribution in [-0.4, -0.2) is 32.9 Å². The molecule has 114 valence electrons. The number of carbonyl (C=O) groups excluding carboxylic acids is 1. The van der Waals surface area contributed by atoms with Crippen LogP contribution in [0.2, 0.25) is 0 Å². The highest BCUT2D eigenvalue weighted by molar-refractivity contribution is 7.99. The van der Waals surface area contributed by atoms with Crippen LogP contribution in [0.25, 0.3) is 0 Å². The van der Waals surface area contributed by atoms with E-state index in [0.29, 0.717) is 10.9 Å². The summed E-state index contributed by atoms with van der Waals surface area (Å²) < 4.78 is 0. The van der Waals surface area contributed by atoms with Crippen LogP contribution < -0.4 is 10.5 Å². The van der Waals surface area contributed by atoms with E-state index in [0.717, 1.165) is 12.1 Å². The molecular formula is C15H16N4O2S. The molecule has 7 heteroatoms. The molecule has 6 nitrogen and oxygen atoms in total. The number of carbonyl (C=O) groups is 1. The Hall–Kier alpha value is -2.15. The quantitative estimate of drug-likeness (QED) is 0.869. The van der Waals surface area contributed by atoms with Gasteiger partial charge in [0.1, 0.15) is 5.69 Å². The van der Waals surface area contributed by atoms with Crippen LogP contribution in [0.4, 0.5) is 5.69 Å². The third kappa shape index (κ3) is 2.76. The van der Waals surface area contributed by atoms with Gasteiger partial charge in [-0.05, 0) is 31.9 Å². The molecule has 0 bridgehead atoms. The first-order valence-electron chi connectivity index (χ1n) is 7.02. The standard InChI is InChI=1S/C15H16N4O2S/c1-9-7-11-5-3-4-6-12(11)19(9)13(20)8-22-15-16-14(21)10(2)17-18-15/h3-6,9H,7-8H2,1-2H3,(H,16,18,21)/t9-/m0/s1. The van der Waals surface area contributed by atoms with E-state index in [-0.39, 0.29) is 23.3 Å². The van der Waals surface area contributed by atoms with Crippen molar-refractivity contribution in [3.05, 3.63) is 45.9 Å². The first-order valence-corrected chi connectivity index (χ1v) is 8.01. The summed E-state index contributed by atoms with van der Waals surface area (Å²) in [7, 11) is 0. The fourth-order valence-electron chi connectivity index (χ4n) is 2.59. The Kier molecular flexibility index (Phi) is 3.98. The number of nitrogens with one attached hydrogen (secondary N) is 1. The Morgan fingerprint density at radius 1 is 1.41 bits per heavy atom. The van der Waals surface area contributed by atoms with E-state index in [1.807, 2.05) is 30.0 Å². The molecule has 0 fully saturated rings. The van der Waals surface area contributed by atoms with Gasteiger partial charge in [0.05, 0.1) is 5.75 Å². The number of rotatable bonds is 3. The second kappa shape index (κ2) is 5.92. The molecule has 1 atom stereocenters. The zero-order chi connectivity index (χ0) is 15.7. The summed E-state index contributed by atoms with van der Waals surface area (Å²) in [5, 5.41) is 8.02. The topological polar surface area (TPSA) is 79.0 Å². The molecule has 1 aromatic carbocycles. The van der Waals surface area contributed by atoms with Gasteiger partial charge >= 0.3 is 0 Å². The summed E-state index contributed by atoms with van der Waals surface area (Å²) in [6, 6.07) is 8.09. The van der Waals surface area contributed by atoms with Crippen LogP contribution in [0.5, 0.6) is 0 Å². The monoisotopic (exact) mass is 316 g/mol.